The first-order valence-electron chi connectivity index (χ1n) is 7.23. The van der Waals surface area contributed by atoms with Gasteiger partial charge in [0.15, 0.2) is 0 Å². The Bertz CT molecular complexity index is 658. The lowest BCUT2D eigenvalue weighted by molar-refractivity contribution is -0.133. The molecule has 0 spiro atoms. The van der Waals surface area contributed by atoms with Crippen molar-refractivity contribution in [3.05, 3.63) is 18.5 Å². The number of sulfonamides is 1. The first kappa shape index (κ1) is 17.4. The van der Waals surface area contributed by atoms with E-state index in [9.17, 15) is 18.0 Å². The number of hydrogen-bond donors (Lipinski definition) is 1. The molecule has 0 unspecified atom stereocenters. The van der Waals surface area contributed by atoms with Gasteiger partial charge in [0.2, 0.25) is 21.8 Å². The Balaban J connectivity index is 2.14. The number of rotatable bonds is 4. The van der Waals surface area contributed by atoms with Crippen molar-refractivity contribution in [1.82, 2.24) is 24.3 Å². The van der Waals surface area contributed by atoms with E-state index in [1.54, 1.807) is 18.5 Å². The van der Waals surface area contributed by atoms with E-state index >= 15 is 0 Å². The van der Waals surface area contributed by atoms with E-state index in [1.807, 2.05) is 0 Å². The normalized spacial score (nSPS) is 20.1. The summed E-state index contributed by atoms with van der Waals surface area (Å²) in [6, 6.07) is 1.72. The van der Waals surface area contributed by atoms with Crippen LogP contribution in [0.15, 0.2) is 18.5 Å². The molecule has 1 saturated heterocycles. The molecule has 10 heteroatoms. The number of hydrogen-bond acceptors (Lipinski definition) is 5. The molecule has 1 aromatic rings. The molecule has 23 heavy (non-hydrogen) atoms. The quantitative estimate of drug-likeness (QED) is 0.705. The van der Waals surface area contributed by atoms with Crippen LogP contribution >= 0.6 is 0 Å². The lowest BCUT2D eigenvalue weighted by Gasteiger charge is -2.23. The summed E-state index contributed by atoms with van der Waals surface area (Å²) in [4.78, 5) is 25.9. The fourth-order valence-corrected chi connectivity index (χ4v) is 3.38. The van der Waals surface area contributed by atoms with E-state index in [0.29, 0.717) is 0 Å². The lowest BCUT2D eigenvalue weighted by Crippen LogP contribution is -2.42. The summed E-state index contributed by atoms with van der Waals surface area (Å²) in [5, 5.41) is 6.51. The van der Waals surface area contributed by atoms with Gasteiger partial charge < -0.3 is 10.2 Å². The molecule has 0 radical (unpaired) electrons. The molecule has 1 aliphatic heterocycles. The van der Waals surface area contributed by atoms with Crippen LogP contribution in [0.3, 0.4) is 0 Å². The number of carbonyl (C=O) groups excluding carboxylic acids is 2. The van der Waals surface area contributed by atoms with E-state index in [-0.39, 0.29) is 44.5 Å². The van der Waals surface area contributed by atoms with E-state index < -0.39 is 15.9 Å². The molecular weight excluding hydrogens is 322 g/mol. The maximum absolute atomic E-state index is 12.4. The minimum atomic E-state index is -3.43. The van der Waals surface area contributed by atoms with Crippen LogP contribution in [0.5, 0.6) is 0 Å². The minimum absolute atomic E-state index is 0.0618. The summed E-state index contributed by atoms with van der Waals surface area (Å²) in [7, 11) is -1.93. The molecule has 0 saturated carbocycles. The molecule has 0 aliphatic carbocycles. The van der Waals surface area contributed by atoms with Crippen LogP contribution in [-0.2, 0) is 26.2 Å². The predicted molar refractivity (Wildman–Crippen MR) is 82.8 cm³/mol. The Morgan fingerprint density at radius 1 is 1.30 bits per heavy atom. The summed E-state index contributed by atoms with van der Waals surface area (Å²) in [5.74, 6) is -1.07. The van der Waals surface area contributed by atoms with E-state index in [0.717, 1.165) is 6.26 Å². The van der Waals surface area contributed by atoms with Crippen LogP contribution in [0.25, 0.3) is 0 Å². The largest absolute Gasteiger partial charge is 0.359 e. The summed E-state index contributed by atoms with van der Waals surface area (Å²) >= 11 is 0. The first-order chi connectivity index (χ1) is 10.8. The van der Waals surface area contributed by atoms with E-state index in [2.05, 4.69) is 10.4 Å². The van der Waals surface area contributed by atoms with Gasteiger partial charge in [-0.1, -0.05) is 0 Å². The molecule has 1 N–H and O–H groups in total. The van der Waals surface area contributed by atoms with E-state index in [4.69, 9.17) is 0 Å². The third kappa shape index (κ3) is 4.52. The molecule has 0 bridgehead atoms. The van der Waals surface area contributed by atoms with Gasteiger partial charge in [0.25, 0.3) is 0 Å². The number of nitrogens with zero attached hydrogens (tertiary/aromatic N) is 4. The Hall–Kier alpha value is -1.94. The van der Waals surface area contributed by atoms with Crippen molar-refractivity contribution in [1.29, 1.82) is 0 Å². The summed E-state index contributed by atoms with van der Waals surface area (Å²) in [6.07, 6.45) is 4.36. The van der Waals surface area contributed by atoms with Gasteiger partial charge in [-0.05, 0) is 6.07 Å². The Labute approximate surface area is 135 Å². The topological polar surface area (TPSA) is 105 Å². The van der Waals surface area contributed by atoms with Gasteiger partial charge in [0.1, 0.15) is 6.54 Å². The summed E-state index contributed by atoms with van der Waals surface area (Å²) < 4.78 is 26.4. The highest BCUT2D eigenvalue weighted by molar-refractivity contribution is 7.88. The van der Waals surface area contributed by atoms with Gasteiger partial charge >= 0.3 is 0 Å². The van der Waals surface area contributed by atoms with Gasteiger partial charge in [0.05, 0.1) is 12.2 Å². The van der Waals surface area contributed by atoms with Crippen molar-refractivity contribution in [2.24, 2.45) is 5.92 Å². The molecule has 128 valence electrons. The summed E-state index contributed by atoms with van der Waals surface area (Å²) in [6.45, 7) is 0.750. The zero-order chi connectivity index (χ0) is 17.0. The minimum Gasteiger partial charge on any atom is -0.359 e. The average Bonchev–Trinajstić information content (AvgIpc) is 2.87. The molecule has 2 amide bonds. The van der Waals surface area contributed by atoms with Crippen LogP contribution in [0.1, 0.15) is 0 Å². The zero-order valence-electron chi connectivity index (χ0n) is 13.2. The number of amides is 2. The number of carbonyl (C=O) groups is 2. The van der Waals surface area contributed by atoms with Gasteiger partial charge in [-0.3, -0.25) is 14.3 Å². The highest BCUT2D eigenvalue weighted by Gasteiger charge is 2.32. The molecule has 0 aromatic carbocycles. The molecule has 9 nitrogen and oxygen atoms in total. The average molecular weight is 343 g/mol. The maximum atomic E-state index is 12.4. The van der Waals surface area contributed by atoms with Crippen molar-refractivity contribution in [3.8, 4) is 0 Å². The molecule has 2 rings (SSSR count). The molecule has 2 heterocycles. The summed E-state index contributed by atoms with van der Waals surface area (Å²) in [5.41, 5.74) is 0. The molecule has 1 atom stereocenters. The van der Waals surface area contributed by atoms with Gasteiger partial charge in [-0.25, -0.2) is 8.42 Å². The van der Waals surface area contributed by atoms with Crippen LogP contribution in [0.2, 0.25) is 0 Å². The molecule has 1 aliphatic rings. The highest BCUT2D eigenvalue weighted by Crippen LogP contribution is 2.13. The second kappa shape index (κ2) is 7.09. The molecule has 1 aromatic heterocycles. The predicted octanol–water partition coefficient (Wildman–Crippen LogP) is -1.65. The second-order valence-corrected chi connectivity index (χ2v) is 7.46. The van der Waals surface area contributed by atoms with Gasteiger partial charge in [0, 0.05) is 45.6 Å². The second-order valence-electron chi connectivity index (χ2n) is 5.48. The SMILES string of the molecule is CNC(=O)[C@H]1CN(C(=O)Cn2cccn2)CCN(S(C)(=O)=O)C1. The third-order valence-electron chi connectivity index (χ3n) is 3.78. The van der Waals surface area contributed by atoms with Crippen LogP contribution in [0, 0.1) is 5.92 Å². The van der Waals surface area contributed by atoms with Crippen molar-refractivity contribution < 1.29 is 18.0 Å². The van der Waals surface area contributed by atoms with Crippen molar-refractivity contribution >= 4 is 21.8 Å². The maximum Gasteiger partial charge on any atom is 0.244 e. The Morgan fingerprint density at radius 2 is 2.04 bits per heavy atom. The Kier molecular flexibility index (Phi) is 5.37. The van der Waals surface area contributed by atoms with Crippen LogP contribution < -0.4 is 5.32 Å². The molecular formula is C13H21N5O4S. The fraction of sp³-hybridized carbons (Fsp3) is 0.615. The van der Waals surface area contributed by atoms with Gasteiger partial charge in [-0.15, -0.1) is 0 Å². The van der Waals surface area contributed by atoms with Crippen LogP contribution in [-0.4, -0.2) is 78.7 Å². The Morgan fingerprint density at radius 3 is 2.61 bits per heavy atom. The molecule has 1 fully saturated rings. The highest BCUT2D eigenvalue weighted by atomic mass is 32.2. The van der Waals surface area contributed by atoms with Crippen LogP contribution in [0.4, 0.5) is 0 Å². The van der Waals surface area contributed by atoms with Crippen molar-refractivity contribution in [2.45, 2.75) is 6.54 Å². The lowest BCUT2D eigenvalue weighted by atomic mass is 10.1. The monoisotopic (exact) mass is 343 g/mol. The van der Waals surface area contributed by atoms with E-state index in [1.165, 1.54) is 20.9 Å². The smallest absolute Gasteiger partial charge is 0.244 e. The number of aromatic nitrogens is 2. The fourth-order valence-electron chi connectivity index (χ4n) is 2.51. The zero-order valence-corrected chi connectivity index (χ0v) is 14.0. The van der Waals surface area contributed by atoms with Crippen molar-refractivity contribution in [3.63, 3.8) is 0 Å². The first-order valence-corrected chi connectivity index (χ1v) is 9.08. The standard InChI is InChI=1S/C13H21N5O4S/c1-14-13(20)11-8-16(6-7-18(9-11)23(2,21)22)12(19)10-17-5-3-4-15-17/h3-5,11H,6-10H2,1-2H3,(H,14,20)/t11-/m0/s1. The van der Waals surface area contributed by atoms with Gasteiger partial charge in [-0.2, -0.15) is 9.40 Å². The van der Waals surface area contributed by atoms with Crippen molar-refractivity contribution in [2.75, 3.05) is 39.5 Å². The third-order valence-corrected chi connectivity index (χ3v) is 5.05. The number of nitrogens with one attached hydrogen (secondary N) is 1.